The van der Waals surface area contributed by atoms with Crippen molar-refractivity contribution in [1.82, 2.24) is 9.55 Å². The number of aromatic amines is 1. The lowest BCUT2D eigenvalue weighted by Gasteiger charge is -2.14. The van der Waals surface area contributed by atoms with E-state index in [0.717, 1.165) is 25.0 Å². The standard InChI is InChI=1S/C13H19ClN2O2S/c1-3-10-11(14)15-13(18)16(12(10)17)8-5-6-9(7-8)19-4-2/h8-9H,3-7H2,1-2H3,(H,15,18). The first kappa shape index (κ1) is 14.7. The number of aromatic nitrogens is 2. The highest BCUT2D eigenvalue weighted by molar-refractivity contribution is 7.99. The number of hydrogen-bond donors (Lipinski definition) is 1. The molecule has 4 nitrogen and oxygen atoms in total. The maximum atomic E-state index is 12.3. The Bertz CT molecular complexity index is 567. The molecule has 2 unspecified atom stereocenters. The molecule has 0 radical (unpaired) electrons. The molecule has 1 heterocycles. The minimum absolute atomic E-state index is 0.0165. The van der Waals surface area contributed by atoms with Gasteiger partial charge in [0.2, 0.25) is 0 Å². The van der Waals surface area contributed by atoms with Gasteiger partial charge in [-0.3, -0.25) is 14.3 Å². The summed E-state index contributed by atoms with van der Waals surface area (Å²) in [6.45, 7) is 4.00. The Morgan fingerprint density at radius 2 is 2.11 bits per heavy atom. The molecule has 0 amide bonds. The van der Waals surface area contributed by atoms with Gasteiger partial charge in [-0.2, -0.15) is 11.8 Å². The van der Waals surface area contributed by atoms with E-state index in [1.54, 1.807) is 0 Å². The average molecular weight is 303 g/mol. The maximum absolute atomic E-state index is 12.3. The Morgan fingerprint density at radius 1 is 1.37 bits per heavy atom. The summed E-state index contributed by atoms with van der Waals surface area (Å²) in [4.78, 5) is 26.9. The highest BCUT2D eigenvalue weighted by Crippen LogP contribution is 2.35. The van der Waals surface area contributed by atoms with Gasteiger partial charge >= 0.3 is 5.69 Å². The van der Waals surface area contributed by atoms with Crippen LogP contribution in [0.1, 0.15) is 44.7 Å². The Morgan fingerprint density at radius 3 is 2.74 bits per heavy atom. The number of nitrogens with one attached hydrogen (secondary N) is 1. The zero-order chi connectivity index (χ0) is 14.0. The third-order valence-corrected chi connectivity index (χ3v) is 5.21. The maximum Gasteiger partial charge on any atom is 0.329 e. The first-order chi connectivity index (χ1) is 9.08. The van der Waals surface area contributed by atoms with Gasteiger partial charge < -0.3 is 0 Å². The number of H-pyrrole nitrogens is 1. The van der Waals surface area contributed by atoms with E-state index >= 15 is 0 Å². The molecule has 1 aromatic heterocycles. The molecule has 1 fully saturated rings. The number of thioether (sulfide) groups is 1. The Hall–Kier alpha value is -0.680. The zero-order valence-electron chi connectivity index (χ0n) is 11.2. The molecule has 106 valence electrons. The molecule has 0 aromatic carbocycles. The van der Waals surface area contributed by atoms with Crippen molar-refractivity contribution in [3.63, 3.8) is 0 Å². The smallest absolute Gasteiger partial charge is 0.297 e. The van der Waals surface area contributed by atoms with E-state index in [-0.39, 0.29) is 22.4 Å². The molecule has 2 atom stereocenters. The molecule has 0 bridgehead atoms. The van der Waals surface area contributed by atoms with Crippen LogP contribution in [0.2, 0.25) is 5.15 Å². The van der Waals surface area contributed by atoms with Crippen LogP contribution in [0, 0.1) is 0 Å². The van der Waals surface area contributed by atoms with Gasteiger partial charge in [0.1, 0.15) is 5.15 Å². The third kappa shape index (κ3) is 2.92. The second-order valence-electron chi connectivity index (χ2n) is 4.80. The van der Waals surface area contributed by atoms with E-state index in [9.17, 15) is 9.59 Å². The van der Waals surface area contributed by atoms with E-state index in [4.69, 9.17) is 11.6 Å². The predicted molar refractivity (Wildman–Crippen MR) is 80.5 cm³/mol. The van der Waals surface area contributed by atoms with Crippen molar-refractivity contribution in [3.8, 4) is 0 Å². The van der Waals surface area contributed by atoms with E-state index in [2.05, 4.69) is 11.9 Å². The second-order valence-corrected chi connectivity index (χ2v) is 6.75. The van der Waals surface area contributed by atoms with Gasteiger partial charge in [0.15, 0.2) is 0 Å². The van der Waals surface area contributed by atoms with Crippen molar-refractivity contribution in [2.75, 3.05) is 5.75 Å². The largest absolute Gasteiger partial charge is 0.329 e. The van der Waals surface area contributed by atoms with Crippen molar-refractivity contribution >= 4 is 23.4 Å². The average Bonchev–Trinajstić information content (AvgIpc) is 2.78. The van der Waals surface area contributed by atoms with Crippen LogP contribution in [0.5, 0.6) is 0 Å². The molecular weight excluding hydrogens is 284 g/mol. The summed E-state index contributed by atoms with van der Waals surface area (Å²) in [7, 11) is 0. The topological polar surface area (TPSA) is 54.9 Å². The molecule has 1 saturated carbocycles. The number of nitrogens with zero attached hydrogens (tertiary/aromatic N) is 1. The molecule has 1 N–H and O–H groups in total. The molecular formula is C13H19ClN2O2S. The Balaban J connectivity index is 2.36. The molecule has 0 spiro atoms. The highest BCUT2D eigenvalue weighted by atomic mass is 35.5. The van der Waals surface area contributed by atoms with E-state index in [1.165, 1.54) is 4.57 Å². The lowest BCUT2D eigenvalue weighted by Crippen LogP contribution is -2.39. The third-order valence-electron chi connectivity index (χ3n) is 3.66. The van der Waals surface area contributed by atoms with Crippen LogP contribution in [0.3, 0.4) is 0 Å². The summed E-state index contributed by atoms with van der Waals surface area (Å²) in [5.41, 5.74) is -0.0874. The summed E-state index contributed by atoms with van der Waals surface area (Å²) < 4.78 is 1.38. The Labute approximate surface area is 121 Å². The summed E-state index contributed by atoms with van der Waals surface area (Å²) in [5.74, 6) is 1.07. The van der Waals surface area contributed by atoms with Crippen LogP contribution in [0.15, 0.2) is 9.59 Å². The van der Waals surface area contributed by atoms with Crippen molar-refractivity contribution in [3.05, 3.63) is 31.6 Å². The van der Waals surface area contributed by atoms with Crippen molar-refractivity contribution in [2.24, 2.45) is 0 Å². The number of halogens is 1. The van der Waals surface area contributed by atoms with Gasteiger partial charge in [0.05, 0.1) is 5.56 Å². The SMILES string of the molecule is CCSC1CCC(n2c(=O)[nH]c(Cl)c(CC)c2=O)C1. The molecule has 6 heteroatoms. The fourth-order valence-electron chi connectivity index (χ4n) is 2.74. The van der Waals surface area contributed by atoms with Gasteiger partial charge in [0.25, 0.3) is 5.56 Å². The summed E-state index contributed by atoms with van der Waals surface area (Å²) >= 11 is 7.83. The van der Waals surface area contributed by atoms with Crippen molar-refractivity contribution in [2.45, 2.75) is 50.8 Å². The van der Waals surface area contributed by atoms with Gasteiger partial charge in [-0.05, 0) is 31.4 Å². The first-order valence-electron chi connectivity index (χ1n) is 6.73. The van der Waals surface area contributed by atoms with Gasteiger partial charge in [0, 0.05) is 11.3 Å². The second kappa shape index (κ2) is 6.18. The first-order valence-corrected chi connectivity index (χ1v) is 8.15. The summed E-state index contributed by atoms with van der Waals surface area (Å²) in [6, 6.07) is 0.0165. The van der Waals surface area contributed by atoms with Crippen molar-refractivity contribution < 1.29 is 0 Å². The van der Waals surface area contributed by atoms with Crippen LogP contribution in [0.4, 0.5) is 0 Å². The normalized spacial score (nSPS) is 22.9. The fraction of sp³-hybridized carbons (Fsp3) is 0.692. The molecule has 0 saturated heterocycles. The van der Waals surface area contributed by atoms with E-state index in [0.29, 0.717) is 17.2 Å². The van der Waals surface area contributed by atoms with Crippen LogP contribution < -0.4 is 11.2 Å². The monoisotopic (exact) mass is 302 g/mol. The zero-order valence-corrected chi connectivity index (χ0v) is 12.8. The molecule has 19 heavy (non-hydrogen) atoms. The van der Waals surface area contributed by atoms with Gasteiger partial charge in [-0.25, -0.2) is 4.79 Å². The summed E-state index contributed by atoms with van der Waals surface area (Å²) in [6.07, 6.45) is 3.39. The lowest BCUT2D eigenvalue weighted by atomic mass is 10.2. The minimum Gasteiger partial charge on any atom is -0.297 e. The van der Waals surface area contributed by atoms with Gasteiger partial charge in [-0.1, -0.05) is 25.4 Å². The molecule has 0 aliphatic heterocycles. The van der Waals surface area contributed by atoms with E-state index in [1.807, 2.05) is 18.7 Å². The molecule has 1 aromatic rings. The fourth-order valence-corrected chi connectivity index (χ4v) is 4.17. The Kier molecular flexibility index (Phi) is 4.79. The van der Waals surface area contributed by atoms with E-state index < -0.39 is 0 Å². The van der Waals surface area contributed by atoms with Crippen LogP contribution >= 0.6 is 23.4 Å². The van der Waals surface area contributed by atoms with Gasteiger partial charge in [-0.15, -0.1) is 0 Å². The van der Waals surface area contributed by atoms with Crippen LogP contribution in [-0.4, -0.2) is 20.6 Å². The molecule has 1 aliphatic rings. The lowest BCUT2D eigenvalue weighted by molar-refractivity contribution is 0.476. The minimum atomic E-state index is -0.376. The molecule has 2 rings (SSSR count). The van der Waals surface area contributed by atoms with Crippen molar-refractivity contribution in [1.29, 1.82) is 0 Å². The highest BCUT2D eigenvalue weighted by Gasteiger charge is 2.28. The quantitative estimate of drug-likeness (QED) is 0.870. The molecule has 1 aliphatic carbocycles. The predicted octanol–water partition coefficient (Wildman–Crippen LogP) is 2.60. The van der Waals surface area contributed by atoms with Crippen LogP contribution in [-0.2, 0) is 6.42 Å². The van der Waals surface area contributed by atoms with Crippen LogP contribution in [0.25, 0.3) is 0 Å². The summed E-state index contributed by atoms with van der Waals surface area (Å²) in [5, 5.41) is 0.744. The number of rotatable bonds is 4. The number of hydrogen-bond acceptors (Lipinski definition) is 3.